The van der Waals surface area contributed by atoms with Crippen LogP contribution in [0.3, 0.4) is 0 Å². The molecule has 0 aliphatic rings. The standard InChI is InChI=1S/C7H17N3O/c1-7(11)8-10(4)6-5-9(2)3/h5-6H2,1-4H3,(H,8,11). The Morgan fingerprint density at radius 1 is 1.27 bits per heavy atom. The molecule has 11 heavy (non-hydrogen) atoms. The SMILES string of the molecule is CC(=O)NN(C)CCN(C)C. The summed E-state index contributed by atoms with van der Waals surface area (Å²) in [7, 11) is 5.86. The van der Waals surface area contributed by atoms with Crippen molar-refractivity contribution in [2.75, 3.05) is 34.2 Å². The number of hydrogen-bond donors (Lipinski definition) is 1. The van der Waals surface area contributed by atoms with Crippen LogP contribution >= 0.6 is 0 Å². The van der Waals surface area contributed by atoms with Crippen molar-refractivity contribution in [3.63, 3.8) is 0 Å². The van der Waals surface area contributed by atoms with Crippen molar-refractivity contribution in [1.82, 2.24) is 15.3 Å². The third-order valence-corrected chi connectivity index (χ3v) is 1.23. The van der Waals surface area contributed by atoms with Gasteiger partial charge in [0, 0.05) is 27.1 Å². The molecule has 0 aliphatic carbocycles. The van der Waals surface area contributed by atoms with Gasteiger partial charge in [0.25, 0.3) is 0 Å². The second-order valence-electron chi connectivity index (χ2n) is 2.89. The Morgan fingerprint density at radius 2 is 1.82 bits per heavy atom. The lowest BCUT2D eigenvalue weighted by Gasteiger charge is -2.18. The molecule has 0 atom stereocenters. The van der Waals surface area contributed by atoms with Crippen molar-refractivity contribution in [3.05, 3.63) is 0 Å². The van der Waals surface area contributed by atoms with Gasteiger partial charge in [-0.3, -0.25) is 10.2 Å². The molecule has 0 heterocycles. The molecular formula is C7H17N3O. The number of rotatable bonds is 4. The summed E-state index contributed by atoms with van der Waals surface area (Å²) >= 11 is 0. The van der Waals surface area contributed by atoms with Crippen molar-refractivity contribution in [1.29, 1.82) is 0 Å². The van der Waals surface area contributed by atoms with Crippen LogP contribution in [-0.4, -0.2) is 50.0 Å². The molecule has 0 aromatic heterocycles. The predicted octanol–water partition coefficient (Wildman–Crippen LogP) is -0.469. The Hall–Kier alpha value is -0.610. The minimum Gasteiger partial charge on any atom is -0.308 e. The largest absolute Gasteiger partial charge is 0.308 e. The van der Waals surface area contributed by atoms with Gasteiger partial charge in [0.05, 0.1) is 0 Å². The van der Waals surface area contributed by atoms with E-state index in [-0.39, 0.29) is 5.91 Å². The lowest BCUT2D eigenvalue weighted by atomic mass is 10.6. The van der Waals surface area contributed by atoms with Gasteiger partial charge in [0.1, 0.15) is 0 Å². The van der Waals surface area contributed by atoms with Crippen molar-refractivity contribution >= 4 is 5.91 Å². The highest BCUT2D eigenvalue weighted by Gasteiger charge is 1.98. The first-order valence-corrected chi connectivity index (χ1v) is 3.65. The van der Waals surface area contributed by atoms with Crippen LogP contribution < -0.4 is 5.43 Å². The topological polar surface area (TPSA) is 35.6 Å². The summed E-state index contributed by atoms with van der Waals surface area (Å²) in [5.41, 5.74) is 2.67. The van der Waals surface area contributed by atoms with Crippen molar-refractivity contribution < 1.29 is 4.79 Å². The van der Waals surface area contributed by atoms with Gasteiger partial charge in [-0.05, 0) is 14.1 Å². The molecule has 4 nitrogen and oxygen atoms in total. The van der Waals surface area contributed by atoms with Gasteiger partial charge in [-0.2, -0.15) is 0 Å². The number of carbonyl (C=O) groups is 1. The highest BCUT2D eigenvalue weighted by atomic mass is 16.2. The van der Waals surface area contributed by atoms with Crippen LogP contribution in [0.15, 0.2) is 0 Å². The second-order valence-corrected chi connectivity index (χ2v) is 2.89. The summed E-state index contributed by atoms with van der Waals surface area (Å²) in [6.45, 7) is 3.29. The first-order chi connectivity index (χ1) is 5.02. The molecule has 0 saturated heterocycles. The van der Waals surface area contributed by atoms with E-state index in [1.165, 1.54) is 6.92 Å². The molecule has 1 amide bonds. The Kier molecular flexibility index (Phi) is 4.81. The van der Waals surface area contributed by atoms with Crippen LogP contribution in [-0.2, 0) is 4.79 Å². The molecule has 0 aromatic rings. The summed E-state index contributed by atoms with van der Waals surface area (Å²) in [6.07, 6.45) is 0. The molecule has 0 rings (SSSR count). The summed E-state index contributed by atoms with van der Waals surface area (Å²) < 4.78 is 0. The van der Waals surface area contributed by atoms with Crippen molar-refractivity contribution in [3.8, 4) is 0 Å². The maximum atomic E-state index is 10.5. The van der Waals surface area contributed by atoms with Crippen LogP contribution in [0.25, 0.3) is 0 Å². The zero-order valence-corrected chi connectivity index (χ0v) is 7.72. The fourth-order valence-electron chi connectivity index (χ4n) is 0.675. The fraction of sp³-hybridized carbons (Fsp3) is 0.857. The number of hydrazine groups is 1. The Labute approximate surface area is 68.1 Å². The van der Waals surface area contributed by atoms with Gasteiger partial charge in [-0.1, -0.05) is 0 Å². The van der Waals surface area contributed by atoms with Gasteiger partial charge in [-0.15, -0.1) is 0 Å². The van der Waals surface area contributed by atoms with E-state index in [1.807, 2.05) is 21.1 Å². The number of nitrogens with zero attached hydrogens (tertiary/aromatic N) is 2. The lowest BCUT2D eigenvalue weighted by molar-refractivity contribution is -0.123. The number of amides is 1. The molecule has 0 saturated carbocycles. The van der Waals surface area contributed by atoms with Gasteiger partial charge in [-0.25, -0.2) is 5.01 Å². The molecule has 1 N–H and O–H groups in total. The van der Waals surface area contributed by atoms with E-state index in [1.54, 1.807) is 5.01 Å². The number of carbonyl (C=O) groups excluding carboxylic acids is 1. The number of nitrogens with one attached hydrogen (secondary N) is 1. The maximum absolute atomic E-state index is 10.5. The third kappa shape index (κ3) is 7.29. The van der Waals surface area contributed by atoms with Crippen LogP contribution in [0, 0.1) is 0 Å². The lowest BCUT2D eigenvalue weighted by Crippen LogP contribution is -2.41. The number of likely N-dealkylation sites (N-methyl/N-ethyl adjacent to an activating group) is 2. The van der Waals surface area contributed by atoms with E-state index < -0.39 is 0 Å². The van der Waals surface area contributed by atoms with Crippen LogP contribution in [0.2, 0.25) is 0 Å². The summed E-state index contributed by atoms with van der Waals surface area (Å²) in [5, 5.41) is 1.78. The van der Waals surface area contributed by atoms with Crippen LogP contribution in [0.1, 0.15) is 6.92 Å². The average molecular weight is 159 g/mol. The van der Waals surface area contributed by atoms with Crippen molar-refractivity contribution in [2.45, 2.75) is 6.92 Å². The molecule has 0 unspecified atom stereocenters. The highest BCUT2D eigenvalue weighted by molar-refractivity contribution is 5.72. The fourth-order valence-corrected chi connectivity index (χ4v) is 0.675. The van der Waals surface area contributed by atoms with Gasteiger partial charge >= 0.3 is 0 Å². The monoisotopic (exact) mass is 159 g/mol. The van der Waals surface area contributed by atoms with E-state index >= 15 is 0 Å². The van der Waals surface area contributed by atoms with Crippen LogP contribution in [0.4, 0.5) is 0 Å². The summed E-state index contributed by atoms with van der Waals surface area (Å²) in [5.74, 6) is -0.0220. The second kappa shape index (κ2) is 5.09. The predicted molar refractivity (Wildman–Crippen MR) is 45.0 cm³/mol. The molecule has 0 spiro atoms. The molecule has 4 heteroatoms. The molecule has 0 radical (unpaired) electrons. The first kappa shape index (κ1) is 10.4. The van der Waals surface area contributed by atoms with E-state index in [0.29, 0.717) is 0 Å². The van der Waals surface area contributed by atoms with E-state index in [2.05, 4.69) is 10.3 Å². The van der Waals surface area contributed by atoms with E-state index in [0.717, 1.165) is 13.1 Å². The molecule has 0 fully saturated rings. The van der Waals surface area contributed by atoms with Crippen molar-refractivity contribution in [2.24, 2.45) is 0 Å². The normalized spacial score (nSPS) is 10.7. The molecule has 0 aliphatic heterocycles. The summed E-state index contributed by atoms with van der Waals surface area (Å²) in [6, 6.07) is 0. The zero-order valence-electron chi connectivity index (χ0n) is 7.72. The van der Waals surface area contributed by atoms with Crippen LogP contribution in [0.5, 0.6) is 0 Å². The molecule has 66 valence electrons. The van der Waals surface area contributed by atoms with Gasteiger partial charge < -0.3 is 4.90 Å². The van der Waals surface area contributed by atoms with E-state index in [4.69, 9.17) is 0 Å². The maximum Gasteiger partial charge on any atom is 0.231 e. The minimum absolute atomic E-state index is 0.0220. The quantitative estimate of drug-likeness (QED) is 0.563. The van der Waals surface area contributed by atoms with Gasteiger partial charge in [0.2, 0.25) is 5.91 Å². The highest BCUT2D eigenvalue weighted by Crippen LogP contribution is 1.78. The van der Waals surface area contributed by atoms with E-state index in [9.17, 15) is 4.79 Å². The Balaban J connectivity index is 3.37. The van der Waals surface area contributed by atoms with Gasteiger partial charge in [0.15, 0.2) is 0 Å². The number of hydrogen-bond acceptors (Lipinski definition) is 3. The minimum atomic E-state index is -0.0220. The first-order valence-electron chi connectivity index (χ1n) is 3.65. The Morgan fingerprint density at radius 3 is 2.18 bits per heavy atom. The average Bonchev–Trinajstić information content (AvgIpc) is 1.82. The third-order valence-electron chi connectivity index (χ3n) is 1.23. The molecule has 0 aromatic carbocycles. The zero-order chi connectivity index (χ0) is 8.85. The molecular weight excluding hydrogens is 142 g/mol. The smallest absolute Gasteiger partial charge is 0.231 e. The summed E-state index contributed by atoms with van der Waals surface area (Å²) in [4.78, 5) is 12.6. The molecule has 0 bridgehead atoms. The Bertz CT molecular complexity index is 125.